The third kappa shape index (κ3) is 4.09. The third-order valence-corrected chi connectivity index (χ3v) is 4.72. The van der Waals surface area contributed by atoms with Gasteiger partial charge in [0.25, 0.3) is 9.05 Å². The minimum absolute atomic E-state index is 0.0325. The molecular formula is C12H13Cl2NO4S. The van der Waals surface area contributed by atoms with E-state index in [0.29, 0.717) is 12.3 Å². The summed E-state index contributed by atoms with van der Waals surface area (Å²) in [5, 5.41) is 2.61. The Kier molecular flexibility index (Phi) is 4.90. The molecule has 1 aliphatic rings. The van der Waals surface area contributed by atoms with E-state index >= 15 is 0 Å². The Labute approximate surface area is 126 Å². The molecule has 0 bridgehead atoms. The summed E-state index contributed by atoms with van der Waals surface area (Å²) in [6, 6.07) is 4.05. The maximum atomic E-state index is 11.8. The van der Waals surface area contributed by atoms with Gasteiger partial charge in [-0.05, 0) is 31.0 Å². The van der Waals surface area contributed by atoms with Gasteiger partial charge in [0.15, 0.2) is 0 Å². The van der Waals surface area contributed by atoms with Gasteiger partial charge < -0.3 is 10.1 Å². The smallest absolute Gasteiger partial charge is 0.262 e. The van der Waals surface area contributed by atoms with Crippen LogP contribution in [0.5, 0.6) is 0 Å². The number of rotatable bonds is 4. The maximum absolute atomic E-state index is 11.8. The molecule has 1 aliphatic heterocycles. The first-order chi connectivity index (χ1) is 9.36. The Bertz CT molecular complexity index is 612. The molecule has 1 N–H and O–H groups in total. The van der Waals surface area contributed by atoms with Crippen LogP contribution in [0.2, 0.25) is 5.02 Å². The van der Waals surface area contributed by atoms with Crippen molar-refractivity contribution in [2.45, 2.75) is 30.3 Å². The van der Waals surface area contributed by atoms with Crippen molar-refractivity contribution in [2.24, 2.45) is 0 Å². The van der Waals surface area contributed by atoms with Crippen LogP contribution in [0.15, 0.2) is 23.1 Å². The van der Waals surface area contributed by atoms with Crippen molar-refractivity contribution >= 4 is 42.9 Å². The molecule has 8 heteroatoms. The molecule has 1 amide bonds. The molecule has 20 heavy (non-hydrogen) atoms. The number of anilines is 1. The van der Waals surface area contributed by atoms with E-state index in [2.05, 4.69) is 5.32 Å². The monoisotopic (exact) mass is 337 g/mol. The van der Waals surface area contributed by atoms with Crippen molar-refractivity contribution in [1.29, 1.82) is 0 Å². The number of benzene rings is 1. The van der Waals surface area contributed by atoms with Gasteiger partial charge in [0.2, 0.25) is 5.91 Å². The van der Waals surface area contributed by atoms with E-state index in [0.717, 1.165) is 12.8 Å². The molecule has 1 saturated heterocycles. The van der Waals surface area contributed by atoms with Crippen molar-refractivity contribution in [3.63, 3.8) is 0 Å². The van der Waals surface area contributed by atoms with Crippen molar-refractivity contribution in [3.8, 4) is 0 Å². The first kappa shape index (κ1) is 15.6. The molecule has 0 aliphatic carbocycles. The van der Waals surface area contributed by atoms with Crippen molar-refractivity contribution in [2.75, 3.05) is 11.9 Å². The molecule has 0 aromatic heterocycles. The van der Waals surface area contributed by atoms with Crippen LogP contribution in [0.1, 0.15) is 19.3 Å². The lowest BCUT2D eigenvalue weighted by atomic mass is 10.2. The minimum Gasteiger partial charge on any atom is -0.378 e. The molecule has 1 heterocycles. The van der Waals surface area contributed by atoms with Crippen molar-refractivity contribution in [3.05, 3.63) is 23.2 Å². The molecule has 1 aromatic carbocycles. The fraction of sp³-hybridized carbons (Fsp3) is 0.417. The van der Waals surface area contributed by atoms with Gasteiger partial charge >= 0.3 is 0 Å². The maximum Gasteiger partial charge on any atom is 0.262 e. The Morgan fingerprint density at radius 1 is 1.45 bits per heavy atom. The number of ether oxygens (including phenoxy) is 1. The zero-order valence-electron chi connectivity index (χ0n) is 10.4. The van der Waals surface area contributed by atoms with Crippen LogP contribution in [0.3, 0.4) is 0 Å². The lowest BCUT2D eigenvalue weighted by Gasteiger charge is -2.10. The van der Waals surface area contributed by atoms with Crippen molar-refractivity contribution in [1.82, 2.24) is 0 Å². The summed E-state index contributed by atoms with van der Waals surface area (Å²) in [6.45, 7) is 0.687. The number of carbonyl (C=O) groups is 1. The SMILES string of the molecule is O=C(CC1CCCO1)Nc1ccc(S(=O)(=O)Cl)c(Cl)c1. The summed E-state index contributed by atoms with van der Waals surface area (Å²) in [5.41, 5.74) is 0.419. The first-order valence-corrected chi connectivity index (χ1v) is 8.70. The average molecular weight is 338 g/mol. The second kappa shape index (κ2) is 6.30. The van der Waals surface area contributed by atoms with Crippen LogP contribution in [-0.4, -0.2) is 27.0 Å². The lowest BCUT2D eigenvalue weighted by molar-refractivity contribution is -0.118. The van der Waals surface area contributed by atoms with Gasteiger partial charge in [0, 0.05) is 23.0 Å². The third-order valence-electron chi connectivity index (χ3n) is 2.92. The molecule has 0 radical (unpaired) electrons. The predicted octanol–water partition coefficient (Wildman–Crippen LogP) is 2.78. The molecule has 110 valence electrons. The molecule has 0 saturated carbocycles. The van der Waals surface area contributed by atoms with Gasteiger partial charge in [0.1, 0.15) is 4.90 Å². The number of hydrogen-bond donors (Lipinski definition) is 1. The van der Waals surface area contributed by atoms with Crippen LogP contribution in [-0.2, 0) is 18.6 Å². The summed E-state index contributed by atoms with van der Waals surface area (Å²) in [6.07, 6.45) is 2.06. The highest BCUT2D eigenvalue weighted by Crippen LogP contribution is 2.27. The summed E-state index contributed by atoms with van der Waals surface area (Å²) in [7, 11) is 1.33. The number of amides is 1. The van der Waals surface area contributed by atoms with E-state index in [4.69, 9.17) is 27.0 Å². The second-order valence-corrected chi connectivity index (χ2v) is 7.41. The molecule has 1 fully saturated rings. The van der Waals surface area contributed by atoms with Crippen LogP contribution in [0, 0.1) is 0 Å². The van der Waals surface area contributed by atoms with E-state index in [-0.39, 0.29) is 28.4 Å². The summed E-state index contributed by atoms with van der Waals surface area (Å²) >= 11 is 5.83. The normalized spacial score (nSPS) is 19.0. The summed E-state index contributed by atoms with van der Waals surface area (Å²) < 4.78 is 27.8. The molecule has 0 spiro atoms. The molecule has 5 nitrogen and oxygen atoms in total. The van der Waals surface area contributed by atoms with Crippen LogP contribution < -0.4 is 5.32 Å². The largest absolute Gasteiger partial charge is 0.378 e. The Balaban J connectivity index is 2.03. The van der Waals surface area contributed by atoms with Gasteiger partial charge in [-0.2, -0.15) is 0 Å². The van der Waals surface area contributed by atoms with Crippen LogP contribution in [0.25, 0.3) is 0 Å². The molecule has 1 unspecified atom stereocenters. The Hall–Kier alpha value is -0.820. The number of halogens is 2. The Morgan fingerprint density at radius 3 is 2.75 bits per heavy atom. The fourth-order valence-electron chi connectivity index (χ4n) is 2.00. The minimum atomic E-state index is -3.89. The molecule has 1 aromatic rings. The zero-order valence-corrected chi connectivity index (χ0v) is 12.8. The average Bonchev–Trinajstić information content (AvgIpc) is 2.79. The standard InChI is InChI=1S/C12H13Cl2NO4S/c13-10-6-8(3-4-11(10)20(14,17)18)15-12(16)7-9-2-1-5-19-9/h3-4,6,9H,1-2,5,7H2,(H,15,16). The highest BCUT2D eigenvalue weighted by atomic mass is 35.7. The van der Waals surface area contributed by atoms with Crippen molar-refractivity contribution < 1.29 is 17.9 Å². The van der Waals surface area contributed by atoms with E-state index < -0.39 is 9.05 Å². The van der Waals surface area contributed by atoms with Gasteiger partial charge in [0.05, 0.1) is 17.5 Å². The number of nitrogens with one attached hydrogen (secondary N) is 1. The van der Waals surface area contributed by atoms with Crippen LogP contribution >= 0.6 is 22.3 Å². The number of carbonyl (C=O) groups excluding carboxylic acids is 1. The zero-order chi connectivity index (χ0) is 14.8. The number of hydrogen-bond acceptors (Lipinski definition) is 4. The van der Waals surface area contributed by atoms with Gasteiger partial charge in [-0.1, -0.05) is 11.6 Å². The molecule has 1 atom stereocenters. The fourth-order valence-corrected chi connectivity index (χ4v) is 3.53. The predicted molar refractivity (Wildman–Crippen MR) is 76.7 cm³/mol. The lowest BCUT2D eigenvalue weighted by Crippen LogP contribution is -2.19. The van der Waals surface area contributed by atoms with E-state index in [1.165, 1.54) is 18.2 Å². The van der Waals surface area contributed by atoms with Gasteiger partial charge in [-0.25, -0.2) is 8.42 Å². The summed E-state index contributed by atoms with van der Waals surface area (Å²) in [5.74, 6) is -0.200. The van der Waals surface area contributed by atoms with E-state index in [1.807, 2.05) is 0 Å². The topological polar surface area (TPSA) is 72.5 Å². The highest BCUT2D eigenvalue weighted by Gasteiger charge is 2.20. The summed E-state index contributed by atoms with van der Waals surface area (Å²) in [4.78, 5) is 11.6. The first-order valence-electron chi connectivity index (χ1n) is 6.02. The second-order valence-electron chi connectivity index (χ2n) is 4.47. The van der Waals surface area contributed by atoms with E-state index in [9.17, 15) is 13.2 Å². The van der Waals surface area contributed by atoms with E-state index in [1.54, 1.807) is 0 Å². The van der Waals surface area contributed by atoms with Crippen LogP contribution in [0.4, 0.5) is 5.69 Å². The quantitative estimate of drug-likeness (QED) is 0.857. The molecular weight excluding hydrogens is 325 g/mol. The molecule has 2 rings (SSSR count). The van der Waals surface area contributed by atoms with Gasteiger partial charge in [-0.3, -0.25) is 4.79 Å². The Morgan fingerprint density at radius 2 is 2.20 bits per heavy atom. The van der Waals surface area contributed by atoms with Gasteiger partial charge in [-0.15, -0.1) is 0 Å². The highest BCUT2D eigenvalue weighted by molar-refractivity contribution is 8.13.